The smallest absolute Gasteiger partial charge is 0.233 e. The molecule has 1 saturated heterocycles. The number of hydrogen-bond acceptors (Lipinski definition) is 4. The number of aromatic hydroxyl groups is 1. The Bertz CT molecular complexity index is 735. The van der Waals surface area contributed by atoms with Crippen LogP contribution in [0.1, 0.15) is 22.1 Å². The van der Waals surface area contributed by atoms with Crippen LogP contribution in [0, 0.1) is 11.3 Å². The number of carbonyl (C=O) groups excluding carboxylic acids is 1. The van der Waals surface area contributed by atoms with Gasteiger partial charge in [-0.15, -0.1) is 11.8 Å². The van der Waals surface area contributed by atoms with E-state index in [2.05, 4.69) is 6.07 Å². The standard InChI is InChI=1S/C18H16N2O2S/c19-11-14-1-5-15(6-2-14)18-20(17(22)12-23-18)10-9-13-3-7-16(21)8-4-13/h1-8,18,21H,9-10,12H2. The molecule has 1 heterocycles. The largest absolute Gasteiger partial charge is 0.508 e. The number of nitrogens with zero attached hydrogens (tertiary/aromatic N) is 2. The van der Waals surface area contributed by atoms with Gasteiger partial charge in [0.1, 0.15) is 11.1 Å². The van der Waals surface area contributed by atoms with Gasteiger partial charge in [0.25, 0.3) is 0 Å². The monoisotopic (exact) mass is 324 g/mol. The molecule has 0 aromatic heterocycles. The Kier molecular flexibility index (Phi) is 4.54. The van der Waals surface area contributed by atoms with Crippen LogP contribution in [-0.2, 0) is 11.2 Å². The Balaban J connectivity index is 1.71. The van der Waals surface area contributed by atoms with Crippen molar-refractivity contribution in [2.24, 2.45) is 0 Å². The lowest BCUT2D eigenvalue weighted by molar-refractivity contribution is -0.128. The van der Waals surface area contributed by atoms with E-state index >= 15 is 0 Å². The number of phenols is 1. The molecule has 2 aromatic rings. The van der Waals surface area contributed by atoms with Crippen LogP contribution in [0.5, 0.6) is 5.75 Å². The van der Waals surface area contributed by atoms with Crippen LogP contribution < -0.4 is 0 Å². The number of amides is 1. The van der Waals surface area contributed by atoms with Crippen molar-refractivity contribution in [3.63, 3.8) is 0 Å². The van der Waals surface area contributed by atoms with E-state index in [0.717, 1.165) is 17.5 Å². The van der Waals surface area contributed by atoms with Crippen molar-refractivity contribution in [1.82, 2.24) is 4.90 Å². The van der Waals surface area contributed by atoms with Crippen LogP contribution in [0.3, 0.4) is 0 Å². The van der Waals surface area contributed by atoms with Gasteiger partial charge < -0.3 is 10.0 Å². The molecule has 1 unspecified atom stereocenters. The van der Waals surface area contributed by atoms with Gasteiger partial charge in [0.2, 0.25) is 5.91 Å². The summed E-state index contributed by atoms with van der Waals surface area (Å²) in [6.07, 6.45) is 0.749. The highest BCUT2D eigenvalue weighted by atomic mass is 32.2. The maximum atomic E-state index is 12.2. The summed E-state index contributed by atoms with van der Waals surface area (Å²) in [4.78, 5) is 14.1. The van der Waals surface area contributed by atoms with Gasteiger partial charge in [-0.3, -0.25) is 4.79 Å². The molecule has 1 atom stereocenters. The highest BCUT2D eigenvalue weighted by Gasteiger charge is 2.32. The summed E-state index contributed by atoms with van der Waals surface area (Å²) < 4.78 is 0. The second kappa shape index (κ2) is 6.76. The molecule has 1 N–H and O–H groups in total. The maximum absolute atomic E-state index is 12.2. The highest BCUT2D eigenvalue weighted by Crippen LogP contribution is 2.38. The highest BCUT2D eigenvalue weighted by molar-refractivity contribution is 8.00. The topological polar surface area (TPSA) is 64.3 Å². The lowest BCUT2D eigenvalue weighted by atomic mass is 10.1. The lowest BCUT2D eigenvalue weighted by Crippen LogP contribution is -2.30. The van der Waals surface area contributed by atoms with Crippen LogP contribution in [0.4, 0.5) is 0 Å². The average molecular weight is 324 g/mol. The van der Waals surface area contributed by atoms with Crippen LogP contribution in [-0.4, -0.2) is 28.2 Å². The van der Waals surface area contributed by atoms with Crippen LogP contribution >= 0.6 is 11.8 Å². The Morgan fingerprint density at radius 2 is 1.87 bits per heavy atom. The van der Waals surface area contributed by atoms with Crippen molar-refractivity contribution < 1.29 is 9.90 Å². The van der Waals surface area contributed by atoms with Crippen LogP contribution in [0.2, 0.25) is 0 Å². The Morgan fingerprint density at radius 1 is 1.17 bits per heavy atom. The molecule has 3 rings (SSSR count). The maximum Gasteiger partial charge on any atom is 0.233 e. The van der Waals surface area contributed by atoms with Gasteiger partial charge in [-0.1, -0.05) is 24.3 Å². The van der Waals surface area contributed by atoms with E-state index in [-0.39, 0.29) is 17.0 Å². The SMILES string of the molecule is N#Cc1ccc(C2SCC(=O)N2CCc2ccc(O)cc2)cc1. The van der Waals surface area contributed by atoms with E-state index < -0.39 is 0 Å². The van der Waals surface area contributed by atoms with E-state index in [9.17, 15) is 9.90 Å². The van der Waals surface area contributed by atoms with E-state index in [0.29, 0.717) is 17.9 Å². The number of nitriles is 1. The van der Waals surface area contributed by atoms with E-state index in [4.69, 9.17) is 5.26 Å². The van der Waals surface area contributed by atoms with Crippen molar-refractivity contribution in [2.45, 2.75) is 11.8 Å². The first kappa shape index (κ1) is 15.4. The molecule has 23 heavy (non-hydrogen) atoms. The molecule has 0 radical (unpaired) electrons. The number of rotatable bonds is 4. The van der Waals surface area contributed by atoms with Gasteiger partial charge in [-0.25, -0.2) is 0 Å². The number of phenolic OH excluding ortho intramolecular Hbond substituents is 1. The summed E-state index contributed by atoms with van der Waals surface area (Å²) in [5.74, 6) is 0.875. The molecule has 0 saturated carbocycles. The predicted octanol–water partition coefficient (Wildman–Crippen LogP) is 3.08. The van der Waals surface area contributed by atoms with E-state index in [1.807, 2.05) is 29.2 Å². The molecule has 116 valence electrons. The minimum absolute atomic E-state index is 0.00681. The third-order valence-electron chi connectivity index (χ3n) is 3.87. The normalized spacial score (nSPS) is 17.3. The quantitative estimate of drug-likeness (QED) is 0.939. The van der Waals surface area contributed by atoms with Gasteiger partial charge >= 0.3 is 0 Å². The molecule has 1 fully saturated rings. The summed E-state index contributed by atoms with van der Waals surface area (Å²) in [6.45, 7) is 0.640. The zero-order valence-electron chi connectivity index (χ0n) is 12.5. The Labute approximate surface area is 139 Å². The molecular formula is C18H16N2O2S. The number of hydrogen-bond donors (Lipinski definition) is 1. The molecular weight excluding hydrogens is 308 g/mol. The first-order valence-electron chi connectivity index (χ1n) is 7.36. The summed E-state index contributed by atoms with van der Waals surface area (Å²) in [7, 11) is 0. The van der Waals surface area contributed by atoms with Crippen molar-refractivity contribution in [3.05, 3.63) is 65.2 Å². The van der Waals surface area contributed by atoms with Crippen LogP contribution in [0.25, 0.3) is 0 Å². The van der Waals surface area contributed by atoms with Crippen molar-refractivity contribution in [1.29, 1.82) is 5.26 Å². The zero-order valence-corrected chi connectivity index (χ0v) is 13.3. The van der Waals surface area contributed by atoms with E-state index in [1.165, 1.54) is 0 Å². The van der Waals surface area contributed by atoms with Crippen molar-refractivity contribution in [2.75, 3.05) is 12.3 Å². The fourth-order valence-electron chi connectivity index (χ4n) is 2.61. The lowest BCUT2D eigenvalue weighted by Gasteiger charge is -2.24. The molecule has 5 heteroatoms. The fraction of sp³-hybridized carbons (Fsp3) is 0.222. The molecule has 2 aromatic carbocycles. The summed E-state index contributed by atoms with van der Waals surface area (Å²) >= 11 is 1.62. The number of benzene rings is 2. The molecule has 1 aliphatic rings. The number of thioether (sulfide) groups is 1. The number of carbonyl (C=O) groups is 1. The minimum Gasteiger partial charge on any atom is -0.508 e. The fourth-order valence-corrected chi connectivity index (χ4v) is 3.83. The minimum atomic E-state index is 0.00681. The van der Waals surface area contributed by atoms with E-state index in [1.54, 1.807) is 36.0 Å². The molecule has 0 aliphatic carbocycles. The zero-order chi connectivity index (χ0) is 16.2. The van der Waals surface area contributed by atoms with Gasteiger partial charge in [0.05, 0.1) is 17.4 Å². The molecule has 4 nitrogen and oxygen atoms in total. The van der Waals surface area contributed by atoms with Gasteiger partial charge in [-0.05, 0) is 41.8 Å². The second-order valence-electron chi connectivity index (χ2n) is 5.40. The first-order valence-corrected chi connectivity index (χ1v) is 8.41. The molecule has 0 spiro atoms. The summed E-state index contributed by atoms with van der Waals surface area (Å²) in [6, 6.07) is 16.6. The Hall–Kier alpha value is -2.45. The van der Waals surface area contributed by atoms with Crippen molar-refractivity contribution >= 4 is 17.7 Å². The molecule has 1 amide bonds. The van der Waals surface area contributed by atoms with Crippen LogP contribution in [0.15, 0.2) is 48.5 Å². The third kappa shape index (κ3) is 3.49. The molecule has 1 aliphatic heterocycles. The summed E-state index contributed by atoms with van der Waals surface area (Å²) in [5, 5.41) is 18.2. The molecule has 0 bridgehead atoms. The van der Waals surface area contributed by atoms with Crippen molar-refractivity contribution in [3.8, 4) is 11.8 Å². The van der Waals surface area contributed by atoms with Gasteiger partial charge in [0.15, 0.2) is 0 Å². The predicted molar refractivity (Wildman–Crippen MR) is 89.9 cm³/mol. The second-order valence-corrected chi connectivity index (χ2v) is 6.47. The first-order chi connectivity index (χ1) is 11.2. The summed E-state index contributed by atoms with van der Waals surface area (Å²) in [5.41, 5.74) is 2.76. The average Bonchev–Trinajstić information content (AvgIpc) is 2.95. The van der Waals surface area contributed by atoms with Gasteiger partial charge in [0, 0.05) is 6.54 Å². The van der Waals surface area contributed by atoms with Gasteiger partial charge in [-0.2, -0.15) is 5.26 Å². The third-order valence-corrected chi connectivity index (χ3v) is 5.13. The Morgan fingerprint density at radius 3 is 2.52 bits per heavy atom.